The van der Waals surface area contributed by atoms with Gasteiger partial charge in [0, 0.05) is 17.8 Å². The second kappa shape index (κ2) is 11.2. The van der Waals surface area contributed by atoms with Gasteiger partial charge in [-0.25, -0.2) is 0 Å². The number of carbonyl (C=O) groups excluding carboxylic acids is 2. The van der Waals surface area contributed by atoms with Gasteiger partial charge in [-0.15, -0.1) is 11.8 Å². The van der Waals surface area contributed by atoms with Gasteiger partial charge in [-0.05, 0) is 57.9 Å². The van der Waals surface area contributed by atoms with Crippen molar-refractivity contribution in [1.29, 1.82) is 0 Å². The van der Waals surface area contributed by atoms with Gasteiger partial charge in [-0.2, -0.15) is 0 Å². The molecule has 0 spiro atoms. The molecule has 0 aliphatic heterocycles. The Balaban J connectivity index is 2.09. The van der Waals surface area contributed by atoms with Crippen LogP contribution in [0, 0.1) is 6.92 Å². The Hall–Kier alpha value is -2.47. The van der Waals surface area contributed by atoms with Crippen molar-refractivity contribution in [2.45, 2.75) is 58.5 Å². The zero-order valence-corrected chi connectivity index (χ0v) is 20.2. The normalized spacial score (nSPS) is 12.2. The first-order valence-electron chi connectivity index (χ1n) is 10.5. The van der Waals surface area contributed by atoms with Crippen molar-refractivity contribution in [1.82, 2.24) is 10.2 Å². The topological polar surface area (TPSA) is 58.6 Å². The average molecular weight is 443 g/mol. The van der Waals surface area contributed by atoms with Gasteiger partial charge in [-0.1, -0.05) is 42.0 Å². The van der Waals surface area contributed by atoms with Gasteiger partial charge in [0.25, 0.3) is 0 Å². The Morgan fingerprint density at radius 1 is 1.03 bits per heavy atom. The number of carbonyl (C=O) groups is 2. The molecule has 6 heteroatoms. The van der Waals surface area contributed by atoms with Crippen LogP contribution in [0.1, 0.15) is 44.4 Å². The molecule has 0 heterocycles. The second-order valence-corrected chi connectivity index (χ2v) is 9.75. The van der Waals surface area contributed by atoms with Crippen molar-refractivity contribution in [3.8, 4) is 5.75 Å². The number of rotatable bonds is 9. The van der Waals surface area contributed by atoms with E-state index in [2.05, 4.69) is 36.5 Å². The molecule has 0 bridgehead atoms. The molecular weight excluding hydrogens is 408 g/mol. The average Bonchev–Trinajstić information content (AvgIpc) is 2.72. The molecule has 1 N–H and O–H groups in total. The predicted molar refractivity (Wildman–Crippen MR) is 128 cm³/mol. The fraction of sp³-hybridized carbons (Fsp3) is 0.440. The molecule has 2 amide bonds. The molecule has 2 aromatic rings. The number of benzene rings is 2. The Morgan fingerprint density at radius 2 is 1.61 bits per heavy atom. The zero-order valence-electron chi connectivity index (χ0n) is 19.4. The lowest BCUT2D eigenvalue weighted by molar-refractivity contribution is -0.139. The third-order valence-corrected chi connectivity index (χ3v) is 5.78. The summed E-state index contributed by atoms with van der Waals surface area (Å²) in [6.07, 6.45) is 0. The zero-order chi connectivity index (χ0) is 23.0. The first-order valence-corrected chi connectivity index (χ1v) is 11.6. The van der Waals surface area contributed by atoms with Gasteiger partial charge in [0.2, 0.25) is 11.8 Å². The van der Waals surface area contributed by atoms with Gasteiger partial charge in [0.1, 0.15) is 11.8 Å². The highest BCUT2D eigenvalue weighted by molar-refractivity contribution is 7.99. The van der Waals surface area contributed by atoms with E-state index >= 15 is 0 Å². The van der Waals surface area contributed by atoms with Crippen molar-refractivity contribution in [3.05, 3.63) is 65.2 Å². The number of ether oxygens (including phenoxy) is 1. The highest BCUT2D eigenvalue weighted by Gasteiger charge is 2.28. The molecule has 0 aliphatic carbocycles. The van der Waals surface area contributed by atoms with Gasteiger partial charge in [-0.3, -0.25) is 9.59 Å². The molecule has 0 saturated carbocycles. The summed E-state index contributed by atoms with van der Waals surface area (Å²) in [4.78, 5) is 27.6. The van der Waals surface area contributed by atoms with Crippen LogP contribution in [0.15, 0.2) is 48.5 Å². The summed E-state index contributed by atoms with van der Waals surface area (Å²) in [5.74, 6) is 1.62. The lowest BCUT2D eigenvalue weighted by atomic mass is 10.1. The van der Waals surface area contributed by atoms with Crippen LogP contribution in [0.4, 0.5) is 0 Å². The molecule has 5 nitrogen and oxygen atoms in total. The Bertz CT molecular complexity index is 858. The SMILES string of the molecule is COc1ccc(CN(C(=O)CSCc2ccc(C)cc2)C(C)C(=O)NC(C)(C)C)cc1. The van der Waals surface area contributed by atoms with Crippen LogP contribution in [0.2, 0.25) is 0 Å². The van der Waals surface area contributed by atoms with Gasteiger partial charge in [0.15, 0.2) is 0 Å². The number of thioether (sulfide) groups is 1. The van der Waals surface area contributed by atoms with E-state index in [4.69, 9.17) is 4.74 Å². The Labute approximate surface area is 190 Å². The molecule has 0 aromatic heterocycles. The summed E-state index contributed by atoms with van der Waals surface area (Å²) in [7, 11) is 1.62. The standard InChI is InChI=1S/C25H34N2O3S/c1-18-7-9-21(10-8-18)16-31-17-23(28)27(19(2)24(29)26-25(3,4)5)15-20-11-13-22(30-6)14-12-20/h7-14,19H,15-17H2,1-6H3,(H,26,29). The Morgan fingerprint density at radius 3 is 2.16 bits per heavy atom. The number of nitrogens with zero attached hydrogens (tertiary/aromatic N) is 1. The fourth-order valence-corrected chi connectivity index (χ4v) is 3.88. The van der Waals surface area contributed by atoms with E-state index < -0.39 is 6.04 Å². The largest absolute Gasteiger partial charge is 0.497 e. The van der Waals surface area contributed by atoms with E-state index in [1.165, 1.54) is 11.1 Å². The van der Waals surface area contributed by atoms with Crippen LogP contribution in [-0.4, -0.2) is 41.2 Å². The molecule has 1 unspecified atom stereocenters. The Kier molecular flexibility index (Phi) is 8.99. The minimum atomic E-state index is -0.575. The third kappa shape index (κ3) is 8.29. The number of hydrogen-bond acceptors (Lipinski definition) is 4. The summed E-state index contributed by atoms with van der Waals surface area (Å²) in [6.45, 7) is 10.0. The number of nitrogens with one attached hydrogen (secondary N) is 1. The maximum absolute atomic E-state index is 13.1. The minimum absolute atomic E-state index is 0.0514. The number of aryl methyl sites for hydroxylation is 1. The molecule has 0 saturated heterocycles. The molecule has 1 atom stereocenters. The van der Waals surface area contributed by atoms with E-state index in [1.807, 2.05) is 45.0 Å². The van der Waals surface area contributed by atoms with Gasteiger partial charge < -0.3 is 15.0 Å². The van der Waals surface area contributed by atoms with E-state index in [1.54, 1.807) is 30.7 Å². The van der Waals surface area contributed by atoms with Crippen molar-refractivity contribution in [2.75, 3.05) is 12.9 Å². The molecule has 2 aromatic carbocycles. The third-order valence-electron chi connectivity index (χ3n) is 4.79. The number of methoxy groups -OCH3 is 1. The van der Waals surface area contributed by atoms with E-state index in [9.17, 15) is 9.59 Å². The van der Waals surface area contributed by atoms with Crippen LogP contribution in [-0.2, 0) is 21.9 Å². The van der Waals surface area contributed by atoms with E-state index in [0.717, 1.165) is 17.1 Å². The van der Waals surface area contributed by atoms with E-state index in [0.29, 0.717) is 12.3 Å². The van der Waals surface area contributed by atoms with Gasteiger partial charge >= 0.3 is 0 Å². The van der Waals surface area contributed by atoms with Crippen LogP contribution in [0.25, 0.3) is 0 Å². The van der Waals surface area contributed by atoms with Crippen molar-refractivity contribution >= 4 is 23.6 Å². The summed E-state index contributed by atoms with van der Waals surface area (Å²) in [6, 6.07) is 15.3. The monoisotopic (exact) mass is 442 g/mol. The minimum Gasteiger partial charge on any atom is -0.497 e. The van der Waals surface area contributed by atoms with Crippen molar-refractivity contribution in [3.63, 3.8) is 0 Å². The fourth-order valence-electron chi connectivity index (χ4n) is 3.01. The predicted octanol–water partition coefficient (Wildman–Crippen LogP) is 4.57. The van der Waals surface area contributed by atoms with Crippen LogP contribution in [0.5, 0.6) is 5.75 Å². The molecule has 0 radical (unpaired) electrons. The first kappa shape index (κ1) is 24.8. The van der Waals surface area contributed by atoms with Crippen molar-refractivity contribution < 1.29 is 14.3 Å². The molecule has 0 fully saturated rings. The summed E-state index contributed by atoms with van der Waals surface area (Å²) in [5, 5.41) is 2.99. The summed E-state index contributed by atoms with van der Waals surface area (Å²) in [5.41, 5.74) is 2.99. The second-order valence-electron chi connectivity index (χ2n) is 8.76. The van der Waals surface area contributed by atoms with Gasteiger partial charge in [0.05, 0.1) is 12.9 Å². The highest BCUT2D eigenvalue weighted by Crippen LogP contribution is 2.18. The lowest BCUT2D eigenvalue weighted by Crippen LogP contribution is -2.52. The van der Waals surface area contributed by atoms with Crippen LogP contribution < -0.4 is 10.1 Å². The lowest BCUT2D eigenvalue weighted by Gasteiger charge is -2.31. The molecular formula is C25H34N2O3S. The summed E-state index contributed by atoms with van der Waals surface area (Å²) < 4.78 is 5.22. The van der Waals surface area contributed by atoms with Crippen molar-refractivity contribution in [2.24, 2.45) is 0 Å². The molecule has 2 rings (SSSR count). The van der Waals surface area contributed by atoms with Crippen LogP contribution in [0.3, 0.4) is 0 Å². The first-order chi connectivity index (χ1) is 14.6. The van der Waals surface area contributed by atoms with Crippen LogP contribution >= 0.6 is 11.8 Å². The smallest absolute Gasteiger partial charge is 0.242 e. The highest BCUT2D eigenvalue weighted by atomic mass is 32.2. The quantitative estimate of drug-likeness (QED) is 0.618. The summed E-state index contributed by atoms with van der Waals surface area (Å²) >= 11 is 1.56. The number of hydrogen-bond donors (Lipinski definition) is 1. The maximum Gasteiger partial charge on any atom is 0.242 e. The van der Waals surface area contributed by atoms with E-state index in [-0.39, 0.29) is 17.4 Å². The maximum atomic E-state index is 13.1. The molecule has 168 valence electrons. The molecule has 0 aliphatic rings. The molecule has 31 heavy (non-hydrogen) atoms. The number of amides is 2.